The highest BCUT2D eigenvalue weighted by atomic mass is 32.3. The molecule has 2 rings (SSSR count). The van der Waals surface area contributed by atoms with E-state index in [1.54, 1.807) is 11.8 Å². The van der Waals surface area contributed by atoms with Gasteiger partial charge < -0.3 is 0 Å². The van der Waals surface area contributed by atoms with E-state index in [0.29, 0.717) is 6.54 Å². The Balaban J connectivity index is 2.35. The highest BCUT2D eigenvalue weighted by Crippen LogP contribution is 2.25. The molecule has 1 aromatic carbocycles. The molecule has 9 heteroatoms. The van der Waals surface area contributed by atoms with Crippen LogP contribution in [0.2, 0.25) is 0 Å². The molecular weight excluding hydrogens is 325 g/mol. The first-order valence-electron chi connectivity index (χ1n) is 5.87. The van der Waals surface area contributed by atoms with Gasteiger partial charge in [-0.3, -0.25) is 0 Å². The molecule has 1 atom stereocenters. The van der Waals surface area contributed by atoms with Gasteiger partial charge in [0.25, 0.3) is 0 Å². The fourth-order valence-corrected chi connectivity index (χ4v) is 5.29. The van der Waals surface area contributed by atoms with Crippen molar-refractivity contribution in [2.75, 3.05) is 18.1 Å². The topological polar surface area (TPSA) is 71.5 Å². The average Bonchev–Trinajstić information content (AvgIpc) is 2.38. The first-order chi connectivity index (χ1) is 9.23. The van der Waals surface area contributed by atoms with Gasteiger partial charge in [0.15, 0.2) is 0 Å². The van der Waals surface area contributed by atoms with Gasteiger partial charge >= 0.3 is 10.2 Å². The molecule has 0 bridgehead atoms. The minimum Gasteiger partial charge on any atom is -0.207 e. The summed E-state index contributed by atoms with van der Waals surface area (Å²) in [7, 11) is -8.48. The molecule has 112 valence electrons. The minimum absolute atomic E-state index is 0.0244. The monoisotopic (exact) mass is 339 g/mol. The molecule has 0 aliphatic carbocycles. The predicted octanol–water partition coefficient (Wildman–Crippen LogP) is 1.47. The zero-order valence-corrected chi connectivity index (χ0v) is 13.1. The zero-order valence-electron chi connectivity index (χ0n) is 10.7. The maximum atomic E-state index is 12.8. The SMILES string of the molecule is CC1CSCCN1S(=O)(=O)c1ccc(S(=O)(=O)F)cc1. The summed E-state index contributed by atoms with van der Waals surface area (Å²) < 4.78 is 60.5. The van der Waals surface area contributed by atoms with Gasteiger partial charge in [-0.2, -0.15) is 24.5 Å². The molecule has 0 aromatic heterocycles. The molecule has 0 radical (unpaired) electrons. The Hall–Kier alpha value is -0.640. The fourth-order valence-electron chi connectivity index (χ4n) is 1.98. The van der Waals surface area contributed by atoms with Crippen molar-refractivity contribution in [3.8, 4) is 0 Å². The quantitative estimate of drug-likeness (QED) is 0.780. The summed E-state index contributed by atoms with van der Waals surface area (Å²) >= 11 is 1.69. The van der Waals surface area contributed by atoms with E-state index in [2.05, 4.69) is 0 Å². The summed E-state index contributed by atoms with van der Waals surface area (Å²) in [6.45, 7) is 2.24. The third kappa shape index (κ3) is 3.16. The molecule has 1 unspecified atom stereocenters. The normalized spacial score (nSPS) is 21.8. The number of thioether (sulfide) groups is 1. The molecule has 20 heavy (non-hydrogen) atoms. The number of hydrogen-bond acceptors (Lipinski definition) is 5. The van der Waals surface area contributed by atoms with Crippen molar-refractivity contribution < 1.29 is 20.7 Å². The summed E-state index contributed by atoms with van der Waals surface area (Å²) in [6, 6.07) is 4.05. The molecule has 0 saturated carbocycles. The minimum atomic E-state index is -4.81. The molecule has 1 aliphatic heterocycles. The van der Waals surface area contributed by atoms with Gasteiger partial charge in [0, 0.05) is 24.1 Å². The maximum absolute atomic E-state index is 12.8. The van der Waals surface area contributed by atoms with Crippen molar-refractivity contribution in [1.29, 1.82) is 0 Å². The first-order valence-corrected chi connectivity index (χ1v) is 9.85. The van der Waals surface area contributed by atoms with Gasteiger partial charge in [0.2, 0.25) is 10.0 Å². The standard InChI is InChI=1S/C11H14FNO4S3/c1-9-8-18-7-6-13(9)20(16,17)11-4-2-10(3-5-11)19(12,14)15/h2-5,9H,6-8H2,1H3. The zero-order chi connectivity index (χ0) is 15.0. The molecule has 1 fully saturated rings. The molecule has 1 heterocycles. The van der Waals surface area contributed by atoms with Crippen molar-refractivity contribution in [3.05, 3.63) is 24.3 Å². The van der Waals surface area contributed by atoms with Gasteiger partial charge in [0.1, 0.15) is 0 Å². The van der Waals surface area contributed by atoms with Gasteiger partial charge in [0.05, 0.1) is 9.79 Å². The van der Waals surface area contributed by atoms with Crippen LogP contribution in [-0.2, 0) is 20.2 Å². The Bertz CT molecular complexity index is 685. The number of sulfonamides is 1. The highest BCUT2D eigenvalue weighted by molar-refractivity contribution is 7.99. The smallest absolute Gasteiger partial charge is 0.207 e. The van der Waals surface area contributed by atoms with Crippen LogP contribution in [0.15, 0.2) is 34.1 Å². The second-order valence-electron chi connectivity index (χ2n) is 4.45. The largest absolute Gasteiger partial charge is 0.332 e. The van der Waals surface area contributed by atoms with E-state index in [1.807, 2.05) is 6.92 Å². The third-order valence-corrected chi connectivity index (χ3v) is 7.07. The molecule has 1 aliphatic rings. The summed E-state index contributed by atoms with van der Waals surface area (Å²) in [5.74, 6) is 1.44. The Morgan fingerprint density at radius 2 is 1.70 bits per heavy atom. The van der Waals surface area contributed by atoms with Crippen molar-refractivity contribution in [2.24, 2.45) is 0 Å². The van der Waals surface area contributed by atoms with Crippen LogP contribution in [0.3, 0.4) is 0 Å². The van der Waals surface area contributed by atoms with Crippen LogP contribution in [0.25, 0.3) is 0 Å². The van der Waals surface area contributed by atoms with Crippen LogP contribution in [0, 0.1) is 0 Å². The highest BCUT2D eigenvalue weighted by Gasteiger charge is 2.31. The number of hydrogen-bond donors (Lipinski definition) is 0. The second-order valence-corrected chi connectivity index (χ2v) is 8.84. The van der Waals surface area contributed by atoms with Gasteiger partial charge in [-0.1, -0.05) is 0 Å². The summed E-state index contributed by atoms with van der Waals surface area (Å²) in [5, 5.41) is 0. The molecule has 0 spiro atoms. The fraction of sp³-hybridized carbons (Fsp3) is 0.455. The van der Waals surface area contributed by atoms with E-state index in [0.717, 1.165) is 35.8 Å². The van der Waals surface area contributed by atoms with E-state index < -0.39 is 25.1 Å². The Kier molecular flexibility index (Phi) is 4.43. The van der Waals surface area contributed by atoms with E-state index in [9.17, 15) is 20.7 Å². The van der Waals surface area contributed by atoms with Crippen LogP contribution < -0.4 is 0 Å². The van der Waals surface area contributed by atoms with Crippen molar-refractivity contribution >= 4 is 32.0 Å². The van der Waals surface area contributed by atoms with Crippen LogP contribution in [0.5, 0.6) is 0 Å². The second kappa shape index (κ2) is 5.63. The lowest BCUT2D eigenvalue weighted by Gasteiger charge is -2.31. The maximum Gasteiger partial charge on any atom is 0.332 e. The van der Waals surface area contributed by atoms with Gasteiger partial charge in [-0.15, -0.1) is 3.89 Å². The predicted molar refractivity (Wildman–Crippen MR) is 75.4 cm³/mol. The lowest BCUT2D eigenvalue weighted by molar-refractivity contribution is 0.367. The van der Waals surface area contributed by atoms with Crippen molar-refractivity contribution in [2.45, 2.75) is 22.8 Å². The molecule has 1 aromatic rings. The van der Waals surface area contributed by atoms with Gasteiger partial charge in [-0.25, -0.2) is 8.42 Å². The van der Waals surface area contributed by atoms with Crippen LogP contribution in [-0.4, -0.2) is 45.2 Å². The van der Waals surface area contributed by atoms with E-state index in [1.165, 1.54) is 4.31 Å². The Morgan fingerprint density at radius 3 is 2.20 bits per heavy atom. The number of nitrogens with zero attached hydrogens (tertiary/aromatic N) is 1. The van der Waals surface area contributed by atoms with E-state index in [4.69, 9.17) is 0 Å². The van der Waals surface area contributed by atoms with E-state index >= 15 is 0 Å². The molecule has 0 N–H and O–H groups in total. The molecule has 5 nitrogen and oxygen atoms in total. The molecule has 1 saturated heterocycles. The molecular formula is C11H14FNO4S3. The number of halogens is 1. The van der Waals surface area contributed by atoms with Crippen LogP contribution in [0.1, 0.15) is 6.92 Å². The molecule has 0 amide bonds. The Labute approximate surface area is 122 Å². The van der Waals surface area contributed by atoms with Gasteiger partial charge in [-0.05, 0) is 31.2 Å². The summed E-state index contributed by atoms with van der Waals surface area (Å²) in [5.41, 5.74) is 0. The van der Waals surface area contributed by atoms with E-state index in [-0.39, 0.29) is 10.9 Å². The Morgan fingerprint density at radius 1 is 1.15 bits per heavy atom. The number of benzene rings is 1. The lowest BCUT2D eigenvalue weighted by Crippen LogP contribution is -2.44. The van der Waals surface area contributed by atoms with Crippen LogP contribution >= 0.6 is 11.8 Å². The lowest BCUT2D eigenvalue weighted by atomic mass is 10.4. The first kappa shape index (κ1) is 15.7. The summed E-state index contributed by atoms with van der Waals surface area (Å²) in [4.78, 5) is -0.567. The average molecular weight is 339 g/mol. The van der Waals surface area contributed by atoms with Crippen molar-refractivity contribution in [3.63, 3.8) is 0 Å². The van der Waals surface area contributed by atoms with Crippen molar-refractivity contribution in [1.82, 2.24) is 4.31 Å². The summed E-state index contributed by atoms with van der Waals surface area (Å²) in [6.07, 6.45) is 0. The third-order valence-electron chi connectivity index (χ3n) is 3.02. The van der Waals surface area contributed by atoms with Crippen LogP contribution in [0.4, 0.5) is 3.89 Å². The number of rotatable bonds is 3.